The van der Waals surface area contributed by atoms with Crippen LogP contribution in [0.4, 0.5) is 0 Å². The molecule has 0 N–H and O–H groups in total. The quantitative estimate of drug-likeness (QED) is 0.492. The average Bonchev–Trinajstić information content (AvgIpc) is 2.21. The van der Waals surface area contributed by atoms with Gasteiger partial charge in [0.15, 0.2) is 0 Å². The summed E-state index contributed by atoms with van der Waals surface area (Å²) < 4.78 is 2.65. The molecule has 0 aliphatic rings. The van der Waals surface area contributed by atoms with Crippen molar-refractivity contribution in [3.8, 4) is 0 Å². The first-order valence-electron chi connectivity index (χ1n) is 4.03. The molecular formula is C12H8IY-3. The topological polar surface area (TPSA) is 0 Å². The van der Waals surface area contributed by atoms with Gasteiger partial charge in [-0.15, -0.1) is 0 Å². The van der Waals surface area contributed by atoms with Crippen LogP contribution < -0.4 is 21.2 Å². The average molecular weight is 368 g/mol. The van der Waals surface area contributed by atoms with Gasteiger partial charge in [-0.25, -0.2) is 0 Å². The van der Waals surface area contributed by atoms with Gasteiger partial charge in [-0.3, -0.25) is 0 Å². The van der Waals surface area contributed by atoms with E-state index in [0.717, 1.165) is 0 Å². The number of halogens is 1. The summed E-state index contributed by atoms with van der Waals surface area (Å²) in [6.45, 7) is 0. The van der Waals surface area contributed by atoms with Crippen molar-refractivity contribution in [2.45, 2.75) is 0 Å². The SMILES string of the molecule is [Y].[c-]1ccccc1[I-]c1[c-]cccc1. The van der Waals surface area contributed by atoms with Gasteiger partial charge in [-0.2, -0.15) is 0 Å². The van der Waals surface area contributed by atoms with E-state index in [0.29, 0.717) is 0 Å². The molecule has 69 valence electrons. The Morgan fingerprint density at radius 2 is 1.29 bits per heavy atom. The maximum absolute atomic E-state index is 3.25. The number of hydrogen-bond donors (Lipinski definition) is 0. The molecule has 2 aromatic rings. The number of benzene rings is 2. The van der Waals surface area contributed by atoms with Gasteiger partial charge >= 0.3 is 89.0 Å². The van der Waals surface area contributed by atoms with E-state index >= 15 is 0 Å². The molecule has 0 fully saturated rings. The van der Waals surface area contributed by atoms with Crippen LogP contribution in [0.15, 0.2) is 48.5 Å². The van der Waals surface area contributed by atoms with Crippen molar-refractivity contribution in [3.05, 3.63) is 67.8 Å². The molecule has 0 aliphatic carbocycles. The molecule has 2 heteroatoms. The van der Waals surface area contributed by atoms with Gasteiger partial charge < -0.3 is 0 Å². The second kappa shape index (κ2) is 6.70. The monoisotopic (exact) mass is 368 g/mol. The van der Waals surface area contributed by atoms with Crippen LogP contribution in [-0.4, -0.2) is 0 Å². The normalized spacial score (nSPS) is 9.43. The summed E-state index contributed by atoms with van der Waals surface area (Å²) in [7, 11) is 0. The van der Waals surface area contributed by atoms with Crippen LogP contribution in [0.2, 0.25) is 0 Å². The van der Waals surface area contributed by atoms with Crippen molar-refractivity contribution in [2.75, 3.05) is 0 Å². The number of rotatable bonds is 2. The zero-order chi connectivity index (χ0) is 8.93. The molecule has 0 atom stereocenters. The molecule has 1 radical (unpaired) electrons. The fraction of sp³-hybridized carbons (Fsp3) is 0. The zero-order valence-electron chi connectivity index (χ0n) is 7.57. The first-order chi connectivity index (χ1) is 6.45. The first-order valence-corrected chi connectivity index (χ1v) is 6.19. The summed E-state index contributed by atoms with van der Waals surface area (Å²) in [5, 5.41) is 0. The summed E-state index contributed by atoms with van der Waals surface area (Å²) in [6, 6.07) is 22.8. The van der Waals surface area contributed by atoms with E-state index in [1.165, 1.54) is 7.14 Å². The van der Waals surface area contributed by atoms with Crippen molar-refractivity contribution >= 4 is 0 Å². The molecule has 2 rings (SSSR count). The summed E-state index contributed by atoms with van der Waals surface area (Å²) in [5.41, 5.74) is 0. The molecule has 0 spiro atoms. The van der Waals surface area contributed by atoms with Crippen molar-refractivity contribution in [1.82, 2.24) is 0 Å². The molecule has 2 aromatic carbocycles. The predicted octanol–water partition coefficient (Wildman–Crippen LogP) is -0.587. The third kappa shape index (κ3) is 3.80. The third-order valence-electron chi connectivity index (χ3n) is 1.55. The third-order valence-corrected chi connectivity index (χ3v) is 4.05. The van der Waals surface area contributed by atoms with Crippen LogP contribution >= 0.6 is 0 Å². The molecule has 0 heterocycles. The van der Waals surface area contributed by atoms with Crippen molar-refractivity contribution in [1.29, 1.82) is 0 Å². The minimum absolute atomic E-state index is 0. The van der Waals surface area contributed by atoms with E-state index in [1.807, 2.05) is 24.3 Å². The number of hydrogen-bond acceptors (Lipinski definition) is 0. The Morgan fingerprint density at radius 1 is 0.786 bits per heavy atom. The Morgan fingerprint density at radius 3 is 1.64 bits per heavy atom. The minimum atomic E-state index is -0.0824. The molecule has 0 aliphatic heterocycles. The molecule has 0 nitrogen and oxygen atoms in total. The molecule has 0 saturated carbocycles. The molecule has 0 amide bonds. The second-order valence-electron chi connectivity index (χ2n) is 2.52. The maximum atomic E-state index is 3.25. The summed E-state index contributed by atoms with van der Waals surface area (Å²) in [5.74, 6) is 0. The fourth-order valence-electron chi connectivity index (χ4n) is 0.970. The molecule has 0 saturated heterocycles. The fourth-order valence-corrected chi connectivity index (χ4v) is 3.04. The van der Waals surface area contributed by atoms with Gasteiger partial charge in [0.05, 0.1) is 0 Å². The predicted molar refractivity (Wildman–Crippen MR) is 48.0 cm³/mol. The van der Waals surface area contributed by atoms with Gasteiger partial charge in [0, 0.05) is 32.7 Å². The Bertz CT molecular complexity index is 321. The molecular weight excluding hydrogens is 360 g/mol. The van der Waals surface area contributed by atoms with Crippen LogP contribution in [0.1, 0.15) is 0 Å². The van der Waals surface area contributed by atoms with Crippen LogP contribution in [0.3, 0.4) is 0 Å². The van der Waals surface area contributed by atoms with Crippen LogP contribution in [0, 0.1) is 19.3 Å². The standard InChI is InChI=1S/C12H8I.Y/c1-3-7-11(8-4-1)13-12-9-5-2-6-10-12;/h1-7,9H;/q-3;. The van der Waals surface area contributed by atoms with Gasteiger partial charge in [0.2, 0.25) is 0 Å². The molecule has 0 bridgehead atoms. The summed E-state index contributed by atoms with van der Waals surface area (Å²) >= 11 is -0.0824. The van der Waals surface area contributed by atoms with Crippen LogP contribution in [0.25, 0.3) is 0 Å². The van der Waals surface area contributed by atoms with E-state index in [9.17, 15) is 0 Å². The van der Waals surface area contributed by atoms with Crippen molar-refractivity contribution in [2.24, 2.45) is 0 Å². The zero-order valence-corrected chi connectivity index (χ0v) is 12.6. The Kier molecular flexibility index (Phi) is 5.91. The summed E-state index contributed by atoms with van der Waals surface area (Å²) in [6.07, 6.45) is 0. The Hall–Kier alpha value is 0.274. The van der Waals surface area contributed by atoms with Crippen molar-refractivity contribution < 1.29 is 53.9 Å². The summed E-state index contributed by atoms with van der Waals surface area (Å²) in [4.78, 5) is 0. The first kappa shape index (κ1) is 12.3. The van der Waals surface area contributed by atoms with Crippen LogP contribution in [0.5, 0.6) is 0 Å². The van der Waals surface area contributed by atoms with E-state index < -0.39 is 0 Å². The van der Waals surface area contributed by atoms with E-state index in [-0.39, 0.29) is 53.9 Å². The van der Waals surface area contributed by atoms with Crippen LogP contribution in [-0.2, 0) is 32.7 Å². The van der Waals surface area contributed by atoms with Gasteiger partial charge in [0.25, 0.3) is 0 Å². The van der Waals surface area contributed by atoms with Gasteiger partial charge in [-0.1, -0.05) is 0 Å². The molecule has 14 heavy (non-hydrogen) atoms. The molecule has 0 unspecified atom stereocenters. The molecule has 0 aromatic heterocycles. The van der Waals surface area contributed by atoms with E-state index in [4.69, 9.17) is 0 Å². The van der Waals surface area contributed by atoms with E-state index in [2.05, 4.69) is 36.4 Å². The Labute approximate surface area is 120 Å². The van der Waals surface area contributed by atoms with Crippen molar-refractivity contribution in [3.63, 3.8) is 0 Å². The van der Waals surface area contributed by atoms with Gasteiger partial charge in [-0.05, 0) is 0 Å². The van der Waals surface area contributed by atoms with E-state index in [1.54, 1.807) is 0 Å². The Balaban J connectivity index is 0.000000980. The van der Waals surface area contributed by atoms with Gasteiger partial charge in [0.1, 0.15) is 0 Å². The second-order valence-corrected chi connectivity index (χ2v) is 5.38.